The summed E-state index contributed by atoms with van der Waals surface area (Å²) in [6.45, 7) is 4.32. The van der Waals surface area contributed by atoms with Crippen LogP contribution >= 0.6 is 0 Å². The van der Waals surface area contributed by atoms with Crippen molar-refractivity contribution < 1.29 is 4.39 Å². The maximum atomic E-state index is 13.4. The van der Waals surface area contributed by atoms with Crippen molar-refractivity contribution in [2.75, 3.05) is 0 Å². The molecule has 0 amide bonds. The van der Waals surface area contributed by atoms with Gasteiger partial charge in [0.1, 0.15) is 6.17 Å². The van der Waals surface area contributed by atoms with Crippen molar-refractivity contribution in [3.63, 3.8) is 0 Å². The zero-order valence-corrected chi connectivity index (χ0v) is 8.09. The minimum Gasteiger partial charge on any atom is -0.247 e. The van der Waals surface area contributed by atoms with E-state index in [1.54, 1.807) is 0 Å². The third-order valence-corrected chi connectivity index (χ3v) is 3.99. The fraction of sp³-hybridized carbons (Fsp3) is 1.00. The van der Waals surface area contributed by atoms with Crippen molar-refractivity contribution in [3.8, 4) is 0 Å². The van der Waals surface area contributed by atoms with Gasteiger partial charge in [0, 0.05) is 0 Å². The van der Waals surface area contributed by atoms with Gasteiger partial charge in [-0.25, -0.2) is 4.39 Å². The molecule has 0 nitrogen and oxygen atoms in total. The van der Waals surface area contributed by atoms with Crippen LogP contribution in [0.4, 0.5) is 4.39 Å². The molecular weight excluding hydrogens is 151 g/mol. The fourth-order valence-electron chi connectivity index (χ4n) is 3.05. The van der Waals surface area contributed by atoms with Crippen LogP contribution in [0.5, 0.6) is 0 Å². The second-order valence-electron chi connectivity index (χ2n) is 4.68. The lowest BCUT2D eigenvalue weighted by atomic mass is 9.85. The van der Waals surface area contributed by atoms with Crippen molar-refractivity contribution in [1.82, 2.24) is 0 Å². The first-order valence-corrected chi connectivity index (χ1v) is 5.38. The van der Waals surface area contributed by atoms with E-state index in [0.717, 1.165) is 18.3 Å². The molecule has 1 heteroatoms. The van der Waals surface area contributed by atoms with Gasteiger partial charge in [0.2, 0.25) is 0 Å². The highest BCUT2D eigenvalue weighted by Gasteiger charge is 2.46. The Bertz CT molecular complexity index is 162. The first kappa shape index (κ1) is 8.52. The molecule has 0 saturated heterocycles. The van der Waals surface area contributed by atoms with E-state index in [1.807, 2.05) is 0 Å². The largest absolute Gasteiger partial charge is 0.247 e. The first-order chi connectivity index (χ1) is 5.74. The molecule has 0 aromatic heterocycles. The van der Waals surface area contributed by atoms with Crippen LogP contribution in [0.25, 0.3) is 0 Å². The smallest absolute Gasteiger partial charge is 0.103 e. The molecule has 2 aliphatic rings. The number of rotatable bonds is 2. The van der Waals surface area contributed by atoms with Gasteiger partial charge in [-0.15, -0.1) is 0 Å². The highest BCUT2D eigenvalue weighted by molar-refractivity contribution is 4.95. The molecule has 2 saturated carbocycles. The zero-order valence-electron chi connectivity index (χ0n) is 8.09. The molecule has 2 rings (SSSR count). The molecule has 0 aromatic rings. The fourth-order valence-corrected chi connectivity index (χ4v) is 3.05. The van der Waals surface area contributed by atoms with E-state index in [-0.39, 0.29) is 0 Å². The molecule has 0 heterocycles. The lowest BCUT2D eigenvalue weighted by Crippen LogP contribution is -2.15. The van der Waals surface area contributed by atoms with E-state index in [9.17, 15) is 4.39 Å². The lowest BCUT2D eigenvalue weighted by molar-refractivity contribution is 0.237. The van der Waals surface area contributed by atoms with Crippen LogP contribution in [0.15, 0.2) is 0 Å². The Morgan fingerprint density at radius 3 is 2.50 bits per heavy atom. The van der Waals surface area contributed by atoms with Gasteiger partial charge in [-0.3, -0.25) is 0 Å². The van der Waals surface area contributed by atoms with Crippen LogP contribution in [-0.2, 0) is 0 Å². The molecule has 12 heavy (non-hydrogen) atoms. The van der Waals surface area contributed by atoms with E-state index >= 15 is 0 Å². The summed E-state index contributed by atoms with van der Waals surface area (Å²) in [6, 6.07) is 0. The summed E-state index contributed by atoms with van der Waals surface area (Å²) >= 11 is 0. The molecule has 4 atom stereocenters. The standard InChI is InChI=1S/C11H19F/c1-3-9-7(2)11(12)6-10(9)8-4-5-8/h7-11H,3-6H2,1-2H3. The molecule has 0 N–H and O–H groups in total. The number of hydrogen-bond acceptors (Lipinski definition) is 0. The molecule has 2 fully saturated rings. The molecule has 0 bridgehead atoms. The van der Waals surface area contributed by atoms with Crippen LogP contribution in [0.3, 0.4) is 0 Å². The van der Waals surface area contributed by atoms with Crippen molar-refractivity contribution in [2.24, 2.45) is 23.7 Å². The minimum absolute atomic E-state index is 0.334. The zero-order chi connectivity index (χ0) is 8.72. The molecular formula is C11H19F. The van der Waals surface area contributed by atoms with Crippen LogP contribution in [0, 0.1) is 23.7 Å². The second kappa shape index (κ2) is 3.01. The minimum atomic E-state index is -0.499. The topological polar surface area (TPSA) is 0 Å². The van der Waals surface area contributed by atoms with Gasteiger partial charge in [-0.05, 0) is 42.9 Å². The van der Waals surface area contributed by atoms with Crippen molar-refractivity contribution in [3.05, 3.63) is 0 Å². The number of alkyl halides is 1. The summed E-state index contributed by atoms with van der Waals surface area (Å²) in [4.78, 5) is 0. The number of hydrogen-bond donors (Lipinski definition) is 0. The van der Waals surface area contributed by atoms with Gasteiger partial charge in [-0.1, -0.05) is 20.3 Å². The third-order valence-electron chi connectivity index (χ3n) is 3.99. The summed E-state index contributed by atoms with van der Waals surface area (Å²) in [5, 5.41) is 0. The average Bonchev–Trinajstić information content (AvgIpc) is 2.82. The molecule has 70 valence electrons. The Kier molecular flexibility index (Phi) is 2.14. The van der Waals surface area contributed by atoms with Gasteiger partial charge in [0.15, 0.2) is 0 Å². The number of halogens is 1. The molecule has 0 aliphatic heterocycles. The highest BCUT2D eigenvalue weighted by atomic mass is 19.1. The van der Waals surface area contributed by atoms with Crippen molar-refractivity contribution >= 4 is 0 Å². The average molecular weight is 170 g/mol. The van der Waals surface area contributed by atoms with E-state index in [2.05, 4.69) is 13.8 Å². The molecule has 0 spiro atoms. The predicted molar refractivity (Wildman–Crippen MR) is 48.7 cm³/mol. The molecule has 4 unspecified atom stereocenters. The SMILES string of the molecule is CCC1C(C)C(F)CC1C1CC1. The predicted octanol–water partition coefficient (Wildman–Crippen LogP) is 3.42. The van der Waals surface area contributed by atoms with Crippen LogP contribution < -0.4 is 0 Å². The second-order valence-corrected chi connectivity index (χ2v) is 4.68. The van der Waals surface area contributed by atoms with E-state index < -0.39 is 6.17 Å². The summed E-state index contributed by atoms with van der Waals surface area (Å²) < 4.78 is 13.4. The Labute approximate surface area is 74.5 Å². The van der Waals surface area contributed by atoms with Crippen molar-refractivity contribution in [2.45, 2.75) is 45.7 Å². The Hall–Kier alpha value is -0.0700. The van der Waals surface area contributed by atoms with Crippen molar-refractivity contribution in [1.29, 1.82) is 0 Å². The van der Waals surface area contributed by atoms with Crippen LogP contribution in [-0.4, -0.2) is 6.17 Å². The van der Waals surface area contributed by atoms with Gasteiger partial charge in [0.25, 0.3) is 0 Å². The summed E-state index contributed by atoms with van der Waals surface area (Å²) in [6.07, 6.45) is 4.30. The maximum Gasteiger partial charge on any atom is 0.103 e. The maximum absolute atomic E-state index is 13.4. The van der Waals surface area contributed by atoms with Crippen LogP contribution in [0.1, 0.15) is 39.5 Å². The summed E-state index contributed by atoms with van der Waals surface area (Å²) in [5.41, 5.74) is 0. The van der Waals surface area contributed by atoms with Crippen LogP contribution in [0.2, 0.25) is 0 Å². The van der Waals surface area contributed by atoms with Gasteiger partial charge in [-0.2, -0.15) is 0 Å². The molecule has 0 aromatic carbocycles. The normalized spacial score (nSPS) is 48.2. The molecule has 0 radical (unpaired) electrons. The first-order valence-electron chi connectivity index (χ1n) is 5.38. The Balaban J connectivity index is 2.03. The Morgan fingerprint density at radius 1 is 1.33 bits per heavy atom. The summed E-state index contributed by atoms with van der Waals surface area (Å²) in [5.74, 6) is 2.66. The van der Waals surface area contributed by atoms with E-state index in [4.69, 9.17) is 0 Å². The van der Waals surface area contributed by atoms with Gasteiger partial charge in [0.05, 0.1) is 0 Å². The van der Waals surface area contributed by atoms with Gasteiger partial charge < -0.3 is 0 Å². The van der Waals surface area contributed by atoms with E-state index in [1.165, 1.54) is 19.3 Å². The lowest BCUT2D eigenvalue weighted by Gasteiger charge is -2.20. The third kappa shape index (κ3) is 1.27. The monoisotopic (exact) mass is 170 g/mol. The van der Waals surface area contributed by atoms with Gasteiger partial charge >= 0.3 is 0 Å². The van der Waals surface area contributed by atoms with E-state index in [0.29, 0.717) is 11.8 Å². The molecule has 2 aliphatic carbocycles. The summed E-state index contributed by atoms with van der Waals surface area (Å²) in [7, 11) is 0. The Morgan fingerprint density at radius 2 is 2.00 bits per heavy atom. The highest BCUT2D eigenvalue weighted by Crippen LogP contribution is 2.51. The quantitative estimate of drug-likeness (QED) is 0.595.